The molecule has 0 fully saturated rings. The second-order valence-corrected chi connectivity index (χ2v) is 10.5. The summed E-state index contributed by atoms with van der Waals surface area (Å²) >= 11 is 5.93. The highest BCUT2D eigenvalue weighted by Crippen LogP contribution is 2.24. The maximum Gasteiger partial charge on any atom is 0.243 e. The molecule has 0 saturated heterocycles. The van der Waals surface area contributed by atoms with E-state index in [-0.39, 0.29) is 17.0 Å². The molecule has 1 amide bonds. The predicted molar refractivity (Wildman–Crippen MR) is 138 cm³/mol. The zero-order valence-electron chi connectivity index (χ0n) is 19.2. The molecule has 0 spiro atoms. The number of benzene rings is 4. The van der Waals surface area contributed by atoms with Gasteiger partial charge < -0.3 is 5.32 Å². The van der Waals surface area contributed by atoms with E-state index in [0.29, 0.717) is 5.02 Å². The summed E-state index contributed by atoms with van der Waals surface area (Å²) in [5.74, 6) is -1.08. The highest BCUT2D eigenvalue weighted by atomic mass is 35.5. The molecule has 0 atom stereocenters. The van der Waals surface area contributed by atoms with Gasteiger partial charge in [-0.05, 0) is 41.5 Å². The van der Waals surface area contributed by atoms with Crippen molar-refractivity contribution < 1.29 is 17.6 Å². The summed E-state index contributed by atoms with van der Waals surface area (Å²) in [5.41, 5.74) is 1.85. The van der Waals surface area contributed by atoms with Crippen LogP contribution in [0.4, 0.5) is 4.39 Å². The molecular formula is C28H24ClFN2O3S. The van der Waals surface area contributed by atoms with Gasteiger partial charge in [-0.15, -0.1) is 0 Å². The topological polar surface area (TPSA) is 66.5 Å². The highest BCUT2D eigenvalue weighted by molar-refractivity contribution is 7.89. The van der Waals surface area contributed by atoms with Crippen molar-refractivity contribution in [2.24, 2.45) is 0 Å². The van der Waals surface area contributed by atoms with Crippen LogP contribution < -0.4 is 5.32 Å². The number of hydrogen-bond donors (Lipinski definition) is 1. The molecular weight excluding hydrogens is 499 g/mol. The largest absolute Gasteiger partial charge is 0.344 e. The van der Waals surface area contributed by atoms with Gasteiger partial charge in [0.2, 0.25) is 15.9 Å². The quantitative estimate of drug-likeness (QED) is 0.312. The van der Waals surface area contributed by atoms with Gasteiger partial charge in [-0.3, -0.25) is 4.79 Å². The Morgan fingerprint density at radius 2 is 1.33 bits per heavy atom. The molecule has 0 aliphatic heterocycles. The molecule has 0 heterocycles. The lowest BCUT2D eigenvalue weighted by Crippen LogP contribution is -2.41. The Morgan fingerprint density at radius 3 is 1.89 bits per heavy atom. The van der Waals surface area contributed by atoms with Crippen molar-refractivity contribution in [3.8, 4) is 0 Å². The van der Waals surface area contributed by atoms with Crippen molar-refractivity contribution in [3.05, 3.63) is 137 Å². The van der Waals surface area contributed by atoms with Crippen molar-refractivity contribution in [1.82, 2.24) is 9.62 Å². The summed E-state index contributed by atoms with van der Waals surface area (Å²) < 4.78 is 42.4. The zero-order valence-corrected chi connectivity index (χ0v) is 20.8. The first-order valence-electron chi connectivity index (χ1n) is 11.2. The minimum absolute atomic E-state index is 0.0429. The fraction of sp³-hybridized carbons (Fsp3) is 0.107. The van der Waals surface area contributed by atoms with Gasteiger partial charge in [0.05, 0.1) is 17.5 Å². The van der Waals surface area contributed by atoms with Crippen molar-refractivity contribution in [2.75, 3.05) is 6.54 Å². The molecule has 0 radical (unpaired) electrons. The van der Waals surface area contributed by atoms with Crippen LogP contribution in [0, 0.1) is 5.82 Å². The van der Waals surface area contributed by atoms with Crippen LogP contribution in [0.15, 0.2) is 114 Å². The van der Waals surface area contributed by atoms with Gasteiger partial charge in [0, 0.05) is 17.1 Å². The summed E-state index contributed by atoms with van der Waals surface area (Å²) in [5, 5.41) is 3.33. The average Bonchev–Trinajstić information content (AvgIpc) is 2.89. The second-order valence-electron chi connectivity index (χ2n) is 8.14. The van der Waals surface area contributed by atoms with Crippen LogP contribution in [0.1, 0.15) is 22.7 Å². The standard InChI is InChI=1S/C28H24ClFN2O3S/c29-24-15-17-25(18-16-24)36(34,35)32(19-23-13-7-8-14-26(23)30)20-27(33)31-28(21-9-3-1-4-10-21)22-11-5-2-6-12-22/h1-18,28H,19-20H2,(H,31,33). The summed E-state index contributed by atoms with van der Waals surface area (Å²) in [6.45, 7) is -0.818. The monoisotopic (exact) mass is 522 g/mol. The Labute approximate surface area is 215 Å². The molecule has 0 aliphatic rings. The van der Waals surface area contributed by atoms with E-state index in [4.69, 9.17) is 11.6 Å². The lowest BCUT2D eigenvalue weighted by Gasteiger charge is -2.25. The lowest BCUT2D eigenvalue weighted by atomic mass is 9.99. The van der Waals surface area contributed by atoms with E-state index in [1.165, 1.54) is 42.5 Å². The van der Waals surface area contributed by atoms with E-state index >= 15 is 0 Å². The molecule has 184 valence electrons. The van der Waals surface area contributed by atoms with Crippen molar-refractivity contribution in [1.29, 1.82) is 0 Å². The van der Waals surface area contributed by atoms with Crippen LogP contribution in [0.5, 0.6) is 0 Å². The molecule has 4 aromatic carbocycles. The smallest absolute Gasteiger partial charge is 0.243 e. The van der Waals surface area contributed by atoms with Crippen molar-refractivity contribution in [3.63, 3.8) is 0 Å². The first kappa shape index (κ1) is 25.6. The molecule has 36 heavy (non-hydrogen) atoms. The Bertz CT molecular complexity index is 1380. The molecule has 4 rings (SSSR count). The number of amides is 1. The zero-order chi connectivity index (χ0) is 25.5. The van der Waals surface area contributed by atoms with Crippen LogP contribution in [0.3, 0.4) is 0 Å². The van der Waals surface area contributed by atoms with E-state index in [2.05, 4.69) is 5.32 Å². The molecule has 0 aromatic heterocycles. The van der Waals surface area contributed by atoms with Gasteiger partial charge in [0.1, 0.15) is 5.82 Å². The van der Waals surface area contributed by atoms with Crippen LogP contribution in [0.25, 0.3) is 0 Å². The Kier molecular flexibility index (Phi) is 8.15. The van der Waals surface area contributed by atoms with E-state index < -0.39 is 34.3 Å². The van der Waals surface area contributed by atoms with Crippen LogP contribution in [-0.2, 0) is 21.4 Å². The lowest BCUT2D eigenvalue weighted by molar-refractivity contribution is -0.121. The van der Waals surface area contributed by atoms with Gasteiger partial charge in [-0.2, -0.15) is 4.31 Å². The third-order valence-corrected chi connectivity index (χ3v) is 7.70. The van der Waals surface area contributed by atoms with Gasteiger partial charge >= 0.3 is 0 Å². The normalized spacial score (nSPS) is 11.6. The van der Waals surface area contributed by atoms with E-state index in [1.54, 1.807) is 6.07 Å². The van der Waals surface area contributed by atoms with Crippen LogP contribution in [-0.4, -0.2) is 25.2 Å². The number of nitrogens with zero attached hydrogens (tertiary/aromatic N) is 1. The predicted octanol–water partition coefficient (Wildman–Crippen LogP) is 5.58. The summed E-state index contributed by atoms with van der Waals surface area (Å²) in [6, 6.07) is 29.8. The molecule has 8 heteroatoms. The second kappa shape index (κ2) is 11.5. The molecule has 0 aliphatic carbocycles. The first-order chi connectivity index (χ1) is 17.3. The maximum atomic E-state index is 14.4. The van der Waals surface area contributed by atoms with Gasteiger partial charge in [0.15, 0.2) is 0 Å². The first-order valence-corrected chi connectivity index (χ1v) is 13.0. The Morgan fingerprint density at radius 1 is 0.806 bits per heavy atom. The highest BCUT2D eigenvalue weighted by Gasteiger charge is 2.29. The fourth-order valence-electron chi connectivity index (χ4n) is 3.82. The minimum atomic E-state index is -4.15. The number of carbonyl (C=O) groups excluding carboxylic acids is 1. The number of nitrogens with one attached hydrogen (secondary N) is 1. The summed E-state index contributed by atoms with van der Waals surface area (Å²) in [4.78, 5) is 13.2. The van der Waals surface area contributed by atoms with Crippen LogP contribution >= 0.6 is 11.6 Å². The number of carbonyl (C=O) groups is 1. The third kappa shape index (κ3) is 6.18. The minimum Gasteiger partial charge on any atom is -0.344 e. The number of rotatable bonds is 9. The average molecular weight is 523 g/mol. The van der Waals surface area contributed by atoms with Gasteiger partial charge in [0.25, 0.3) is 0 Å². The molecule has 4 aromatic rings. The van der Waals surface area contributed by atoms with Crippen molar-refractivity contribution in [2.45, 2.75) is 17.5 Å². The number of halogens is 2. The fourth-order valence-corrected chi connectivity index (χ4v) is 5.32. The molecule has 0 bridgehead atoms. The number of sulfonamides is 1. The summed E-state index contributed by atoms with van der Waals surface area (Å²) in [7, 11) is -4.15. The molecule has 0 saturated carbocycles. The molecule has 5 nitrogen and oxygen atoms in total. The van der Waals surface area contributed by atoms with E-state index in [0.717, 1.165) is 15.4 Å². The maximum absolute atomic E-state index is 14.4. The van der Waals surface area contributed by atoms with Crippen molar-refractivity contribution >= 4 is 27.5 Å². The third-order valence-electron chi connectivity index (χ3n) is 5.65. The van der Waals surface area contributed by atoms with E-state index in [1.807, 2.05) is 60.7 Å². The van der Waals surface area contributed by atoms with E-state index in [9.17, 15) is 17.6 Å². The van der Waals surface area contributed by atoms with Gasteiger partial charge in [-0.25, -0.2) is 12.8 Å². The SMILES string of the molecule is O=C(CN(Cc1ccccc1F)S(=O)(=O)c1ccc(Cl)cc1)NC(c1ccccc1)c1ccccc1. The Balaban J connectivity index is 1.65. The Hall–Kier alpha value is -3.52. The van der Waals surface area contributed by atoms with Gasteiger partial charge in [-0.1, -0.05) is 90.5 Å². The molecule has 0 unspecified atom stereocenters. The van der Waals surface area contributed by atoms with Crippen LogP contribution in [0.2, 0.25) is 5.02 Å². The molecule has 1 N–H and O–H groups in total. The number of hydrogen-bond acceptors (Lipinski definition) is 3. The summed E-state index contributed by atoms with van der Waals surface area (Å²) in [6.07, 6.45) is 0.